The molecule has 0 aliphatic heterocycles. The van der Waals surface area contributed by atoms with Gasteiger partial charge in [0.2, 0.25) is 5.91 Å². The molecular formula is C15H24N2O2. The van der Waals surface area contributed by atoms with Crippen molar-refractivity contribution in [1.82, 2.24) is 10.6 Å². The second-order valence-corrected chi connectivity index (χ2v) is 4.66. The van der Waals surface area contributed by atoms with E-state index < -0.39 is 0 Å². The van der Waals surface area contributed by atoms with Gasteiger partial charge in [-0.1, -0.05) is 30.3 Å². The van der Waals surface area contributed by atoms with Gasteiger partial charge in [0.05, 0.1) is 13.2 Å². The zero-order valence-corrected chi connectivity index (χ0v) is 11.8. The lowest BCUT2D eigenvalue weighted by molar-refractivity contribution is -0.120. The molecular weight excluding hydrogens is 240 g/mol. The molecule has 0 saturated carbocycles. The van der Waals surface area contributed by atoms with Crippen LogP contribution in [-0.4, -0.2) is 38.8 Å². The van der Waals surface area contributed by atoms with E-state index in [9.17, 15) is 4.79 Å². The molecule has 1 rings (SSSR count). The third-order valence-electron chi connectivity index (χ3n) is 2.88. The van der Waals surface area contributed by atoms with Gasteiger partial charge in [0.15, 0.2) is 0 Å². The number of rotatable bonds is 9. The molecule has 0 radical (unpaired) electrons. The number of carbonyl (C=O) groups is 1. The maximum Gasteiger partial charge on any atom is 0.234 e. The minimum atomic E-state index is 0.0386. The quantitative estimate of drug-likeness (QED) is 0.662. The number of methoxy groups -OCH3 is 1. The molecule has 0 aromatic heterocycles. The molecule has 4 heteroatoms. The Labute approximate surface area is 115 Å². The summed E-state index contributed by atoms with van der Waals surface area (Å²) in [5, 5.41) is 6.01. The maximum absolute atomic E-state index is 11.6. The van der Waals surface area contributed by atoms with E-state index in [0.29, 0.717) is 19.7 Å². The van der Waals surface area contributed by atoms with E-state index in [2.05, 4.69) is 22.8 Å². The Hall–Kier alpha value is -1.39. The highest BCUT2D eigenvalue weighted by Gasteiger charge is 2.06. The highest BCUT2D eigenvalue weighted by molar-refractivity contribution is 5.78. The molecule has 1 atom stereocenters. The number of hydrogen-bond acceptors (Lipinski definition) is 3. The van der Waals surface area contributed by atoms with Crippen molar-refractivity contribution >= 4 is 5.91 Å². The van der Waals surface area contributed by atoms with Gasteiger partial charge in [-0.05, 0) is 25.3 Å². The van der Waals surface area contributed by atoms with Crippen LogP contribution >= 0.6 is 0 Å². The van der Waals surface area contributed by atoms with E-state index >= 15 is 0 Å². The maximum atomic E-state index is 11.6. The first-order valence-corrected chi connectivity index (χ1v) is 6.75. The Morgan fingerprint density at radius 1 is 1.32 bits per heavy atom. The lowest BCUT2D eigenvalue weighted by Gasteiger charge is -2.14. The smallest absolute Gasteiger partial charge is 0.234 e. The Morgan fingerprint density at radius 2 is 2.05 bits per heavy atom. The van der Waals surface area contributed by atoms with E-state index in [1.54, 1.807) is 7.11 Å². The average Bonchev–Trinajstić information content (AvgIpc) is 2.42. The number of carbonyl (C=O) groups excluding carboxylic acids is 1. The van der Waals surface area contributed by atoms with E-state index in [0.717, 1.165) is 12.8 Å². The summed E-state index contributed by atoms with van der Waals surface area (Å²) in [4.78, 5) is 11.6. The van der Waals surface area contributed by atoms with Crippen molar-refractivity contribution in [2.45, 2.75) is 25.8 Å². The first-order chi connectivity index (χ1) is 9.22. The fourth-order valence-corrected chi connectivity index (χ4v) is 1.80. The largest absolute Gasteiger partial charge is 0.383 e. The number of benzene rings is 1. The van der Waals surface area contributed by atoms with Crippen LogP contribution in [0.4, 0.5) is 0 Å². The third-order valence-corrected chi connectivity index (χ3v) is 2.88. The van der Waals surface area contributed by atoms with Gasteiger partial charge in [0.25, 0.3) is 0 Å². The molecule has 0 saturated heterocycles. The number of amides is 1. The molecule has 1 aromatic carbocycles. The molecule has 0 bridgehead atoms. The van der Waals surface area contributed by atoms with Gasteiger partial charge in [-0.3, -0.25) is 4.79 Å². The summed E-state index contributed by atoms with van der Waals surface area (Å²) in [6, 6.07) is 10.5. The summed E-state index contributed by atoms with van der Waals surface area (Å²) in [7, 11) is 1.65. The summed E-state index contributed by atoms with van der Waals surface area (Å²) in [6.45, 7) is 3.70. The van der Waals surface area contributed by atoms with Crippen molar-refractivity contribution in [3.8, 4) is 0 Å². The van der Waals surface area contributed by atoms with Crippen molar-refractivity contribution in [3.05, 3.63) is 35.9 Å². The van der Waals surface area contributed by atoms with Crippen LogP contribution in [0.15, 0.2) is 30.3 Å². The van der Waals surface area contributed by atoms with Crippen LogP contribution in [0.1, 0.15) is 18.9 Å². The predicted octanol–water partition coefficient (Wildman–Crippen LogP) is 1.36. The molecule has 1 unspecified atom stereocenters. The molecule has 4 nitrogen and oxygen atoms in total. The number of hydrogen-bond donors (Lipinski definition) is 2. The highest BCUT2D eigenvalue weighted by atomic mass is 16.5. The minimum Gasteiger partial charge on any atom is -0.383 e. The summed E-state index contributed by atoms with van der Waals surface area (Å²) in [5.74, 6) is 0.0386. The molecule has 0 fully saturated rings. The predicted molar refractivity (Wildman–Crippen MR) is 77.1 cm³/mol. The van der Waals surface area contributed by atoms with Crippen LogP contribution in [0.2, 0.25) is 0 Å². The van der Waals surface area contributed by atoms with Crippen molar-refractivity contribution in [1.29, 1.82) is 0 Å². The van der Waals surface area contributed by atoms with Crippen LogP contribution in [0.3, 0.4) is 0 Å². The highest BCUT2D eigenvalue weighted by Crippen LogP contribution is 2.04. The van der Waals surface area contributed by atoms with Crippen LogP contribution in [0.25, 0.3) is 0 Å². The lowest BCUT2D eigenvalue weighted by atomic mass is 10.1. The van der Waals surface area contributed by atoms with Crippen LogP contribution in [0, 0.1) is 0 Å². The monoisotopic (exact) mass is 264 g/mol. The second-order valence-electron chi connectivity index (χ2n) is 4.66. The van der Waals surface area contributed by atoms with Gasteiger partial charge in [-0.15, -0.1) is 0 Å². The molecule has 106 valence electrons. The summed E-state index contributed by atoms with van der Waals surface area (Å²) >= 11 is 0. The Kier molecular flexibility index (Phi) is 7.86. The first-order valence-electron chi connectivity index (χ1n) is 6.75. The normalized spacial score (nSPS) is 12.1. The zero-order chi connectivity index (χ0) is 13.9. The minimum absolute atomic E-state index is 0.0386. The number of aryl methyl sites for hydroxylation is 1. The number of ether oxygens (including phenoxy) is 1. The van der Waals surface area contributed by atoms with Gasteiger partial charge in [-0.2, -0.15) is 0 Å². The van der Waals surface area contributed by atoms with Gasteiger partial charge in [-0.25, -0.2) is 0 Å². The Morgan fingerprint density at radius 3 is 2.74 bits per heavy atom. The van der Waals surface area contributed by atoms with E-state index in [1.807, 2.05) is 25.1 Å². The average molecular weight is 264 g/mol. The number of nitrogens with one attached hydrogen (secondary N) is 2. The molecule has 0 heterocycles. The van der Waals surface area contributed by atoms with Gasteiger partial charge in [0, 0.05) is 19.7 Å². The van der Waals surface area contributed by atoms with Crippen LogP contribution in [0.5, 0.6) is 0 Å². The van der Waals surface area contributed by atoms with E-state index in [-0.39, 0.29) is 11.9 Å². The molecule has 19 heavy (non-hydrogen) atoms. The summed E-state index contributed by atoms with van der Waals surface area (Å²) < 4.78 is 4.90. The second kappa shape index (κ2) is 9.53. The van der Waals surface area contributed by atoms with E-state index in [4.69, 9.17) is 4.74 Å². The fourth-order valence-electron chi connectivity index (χ4n) is 1.80. The van der Waals surface area contributed by atoms with E-state index in [1.165, 1.54) is 5.56 Å². The molecule has 1 amide bonds. The fraction of sp³-hybridized carbons (Fsp3) is 0.533. The molecule has 1 aromatic rings. The van der Waals surface area contributed by atoms with Crippen LogP contribution < -0.4 is 10.6 Å². The molecule has 2 N–H and O–H groups in total. The molecule has 0 aliphatic carbocycles. The van der Waals surface area contributed by atoms with Crippen molar-refractivity contribution < 1.29 is 9.53 Å². The Bertz CT molecular complexity index is 354. The van der Waals surface area contributed by atoms with Gasteiger partial charge < -0.3 is 15.4 Å². The van der Waals surface area contributed by atoms with Crippen molar-refractivity contribution in [2.24, 2.45) is 0 Å². The zero-order valence-electron chi connectivity index (χ0n) is 11.8. The van der Waals surface area contributed by atoms with Gasteiger partial charge >= 0.3 is 0 Å². The molecule has 0 aliphatic rings. The summed E-state index contributed by atoms with van der Waals surface area (Å²) in [6.07, 6.45) is 1.94. The summed E-state index contributed by atoms with van der Waals surface area (Å²) in [5.41, 5.74) is 1.31. The first kappa shape index (κ1) is 15.7. The lowest BCUT2D eigenvalue weighted by Crippen LogP contribution is -2.40. The van der Waals surface area contributed by atoms with Gasteiger partial charge in [0.1, 0.15) is 0 Å². The Balaban J connectivity index is 2.13. The van der Waals surface area contributed by atoms with Crippen LogP contribution in [-0.2, 0) is 16.0 Å². The molecule has 0 spiro atoms. The topological polar surface area (TPSA) is 50.4 Å². The van der Waals surface area contributed by atoms with Crippen molar-refractivity contribution in [2.75, 3.05) is 26.8 Å². The van der Waals surface area contributed by atoms with Crippen molar-refractivity contribution in [3.63, 3.8) is 0 Å². The standard InChI is InChI=1S/C15H24N2O2/c1-13(8-9-14-6-4-3-5-7-14)17-15(18)12-16-10-11-19-2/h3-7,13,16H,8-12H2,1-2H3,(H,17,18). The SMILES string of the molecule is COCCNCC(=O)NC(C)CCc1ccccc1. The third kappa shape index (κ3) is 7.59.